The Kier molecular flexibility index (Phi) is 3.54. The molecule has 0 bridgehead atoms. The van der Waals surface area contributed by atoms with E-state index in [2.05, 4.69) is 33.1 Å². The van der Waals surface area contributed by atoms with Crippen LogP contribution in [0.25, 0.3) is 0 Å². The molecule has 0 N–H and O–H groups in total. The molecule has 1 aliphatic rings. The summed E-state index contributed by atoms with van der Waals surface area (Å²) in [7, 11) is 0. The molecule has 0 saturated heterocycles. The first-order valence-electron chi connectivity index (χ1n) is 6.61. The van der Waals surface area contributed by atoms with Gasteiger partial charge in [0.2, 0.25) is 0 Å². The van der Waals surface area contributed by atoms with E-state index in [4.69, 9.17) is 0 Å². The Morgan fingerprint density at radius 1 is 1.25 bits per heavy atom. The fraction of sp³-hybridized carbons (Fsp3) is 0.188. The fourth-order valence-corrected chi connectivity index (χ4v) is 2.67. The van der Waals surface area contributed by atoms with E-state index in [-0.39, 0.29) is 6.04 Å². The fourth-order valence-electron chi connectivity index (χ4n) is 2.67. The molecule has 1 aliphatic heterocycles. The van der Waals surface area contributed by atoms with E-state index in [1.807, 2.05) is 12.3 Å². The van der Waals surface area contributed by atoms with Gasteiger partial charge < -0.3 is 4.90 Å². The molecule has 20 heavy (non-hydrogen) atoms. The summed E-state index contributed by atoms with van der Waals surface area (Å²) in [5, 5.41) is 0. The number of fused-ring (bicyclic) bond motifs is 1. The molecule has 2 aromatic rings. The maximum atomic E-state index is 10.6. The highest BCUT2D eigenvalue weighted by Crippen LogP contribution is 2.33. The van der Waals surface area contributed by atoms with Gasteiger partial charge in [0.1, 0.15) is 6.29 Å². The molecule has 1 aromatic carbocycles. The summed E-state index contributed by atoms with van der Waals surface area (Å²) < 4.78 is 0. The zero-order valence-electron chi connectivity index (χ0n) is 11.0. The number of aldehydes is 1. The van der Waals surface area contributed by atoms with Crippen molar-refractivity contribution in [3.63, 3.8) is 0 Å². The van der Waals surface area contributed by atoms with Crippen LogP contribution in [0.15, 0.2) is 55.1 Å². The largest absolute Gasteiger partial charge is 0.364 e. The molecule has 1 aromatic heterocycles. The van der Waals surface area contributed by atoms with Gasteiger partial charge >= 0.3 is 0 Å². The second-order valence-corrected chi connectivity index (χ2v) is 4.70. The van der Waals surface area contributed by atoms with E-state index in [9.17, 15) is 4.79 Å². The minimum atomic E-state index is 0.0184. The summed E-state index contributed by atoms with van der Waals surface area (Å²) in [6.45, 7) is 0.864. The predicted octanol–water partition coefficient (Wildman–Crippen LogP) is 2.14. The highest BCUT2D eigenvalue weighted by molar-refractivity contribution is 5.64. The lowest BCUT2D eigenvalue weighted by atomic mass is 9.91. The molecule has 0 amide bonds. The lowest BCUT2D eigenvalue weighted by Gasteiger charge is -2.36. The number of rotatable bonds is 3. The first-order chi connectivity index (χ1) is 9.90. The highest BCUT2D eigenvalue weighted by atomic mass is 16.1. The molecule has 1 unspecified atom stereocenters. The van der Waals surface area contributed by atoms with Crippen LogP contribution in [0.3, 0.4) is 0 Å². The molecule has 0 saturated carbocycles. The summed E-state index contributed by atoms with van der Waals surface area (Å²) in [6.07, 6.45) is 10.3. The second-order valence-electron chi connectivity index (χ2n) is 4.70. The SMILES string of the molecule is O=CC=CN1CCc2ccccc2C1c1cnccn1. The van der Waals surface area contributed by atoms with Crippen LogP contribution in [0.2, 0.25) is 0 Å². The van der Waals surface area contributed by atoms with Crippen molar-refractivity contribution in [3.8, 4) is 0 Å². The van der Waals surface area contributed by atoms with E-state index in [1.54, 1.807) is 18.6 Å². The van der Waals surface area contributed by atoms with Gasteiger partial charge in [0.05, 0.1) is 17.9 Å². The van der Waals surface area contributed by atoms with Gasteiger partial charge in [0, 0.05) is 25.1 Å². The van der Waals surface area contributed by atoms with Gasteiger partial charge in [0.25, 0.3) is 0 Å². The Morgan fingerprint density at radius 3 is 2.95 bits per heavy atom. The van der Waals surface area contributed by atoms with Crippen molar-refractivity contribution in [1.29, 1.82) is 0 Å². The Hall–Kier alpha value is -2.49. The number of carbonyl (C=O) groups excluding carboxylic acids is 1. The molecule has 4 heteroatoms. The number of carbonyl (C=O) groups is 1. The summed E-state index contributed by atoms with van der Waals surface area (Å²) >= 11 is 0. The van der Waals surface area contributed by atoms with Crippen LogP contribution in [0, 0.1) is 0 Å². The van der Waals surface area contributed by atoms with Crippen LogP contribution >= 0.6 is 0 Å². The molecule has 2 heterocycles. The van der Waals surface area contributed by atoms with Gasteiger partial charge in [-0.25, -0.2) is 0 Å². The zero-order chi connectivity index (χ0) is 13.8. The van der Waals surface area contributed by atoms with Crippen molar-refractivity contribution >= 4 is 6.29 Å². The Bertz CT molecular complexity index is 625. The number of aromatic nitrogens is 2. The molecule has 0 aliphatic carbocycles. The molecule has 1 atom stereocenters. The van der Waals surface area contributed by atoms with E-state index < -0.39 is 0 Å². The zero-order valence-corrected chi connectivity index (χ0v) is 11.0. The smallest absolute Gasteiger partial charge is 0.144 e. The monoisotopic (exact) mass is 265 g/mol. The van der Waals surface area contributed by atoms with Crippen molar-refractivity contribution in [2.24, 2.45) is 0 Å². The van der Waals surface area contributed by atoms with Gasteiger partial charge in [-0.15, -0.1) is 0 Å². The van der Waals surface area contributed by atoms with E-state index >= 15 is 0 Å². The molecule has 0 fully saturated rings. The highest BCUT2D eigenvalue weighted by Gasteiger charge is 2.27. The Labute approximate surface area is 117 Å². The minimum Gasteiger partial charge on any atom is -0.364 e. The summed E-state index contributed by atoms with van der Waals surface area (Å²) in [6, 6.07) is 8.39. The lowest BCUT2D eigenvalue weighted by molar-refractivity contribution is -0.104. The van der Waals surface area contributed by atoms with Gasteiger partial charge in [-0.1, -0.05) is 24.3 Å². The first kappa shape index (κ1) is 12.5. The Balaban J connectivity index is 2.07. The molecule has 100 valence electrons. The molecular weight excluding hydrogens is 250 g/mol. The molecular formula is C16H15N3O. The van der Waals surface area contributed by atoms with E-state index in [0.717, 1.165) is 24.9 Å². The minimum absolute atomic E-state index is 0.0184. The molecule has 3 rings (SSSR count). The number of allylic oxidation sites excluding steroid dienone is 1. The van der Waals surface area contributed by atoms with Gasteiger partial charge in [-0.05, 0) is 23.6 Å². The third-order valence-corrected chi connectivity index (χ3v) is 3.54. The van der Waals surface area contributed by atoms with Gasteiger partial charge in [-0.2, -0.15) is 0 Å². The maximum absolute atomic E-state index is 10.6. The van der Waals surface area contributed by atoms with Crippen molar-refractivity contribution in [2.75, 3.05) is 6.54 Å². The van der Waals surface area contributed by atoms with E-state index in [1.165, 1.54) is 17.2 Å². The molecule has 0 radical (unpaired) electrons. The van der Waals surface area contributed by atoms with Crippen molar-refractivity contribution in [2.45, 2.75) is 12.5 Å². The number of nitrogens with zero attached hydrogens (tertiary/aromatic N) is 3. The standard InChI is InChI=1S/C16H15N3O/c20-11-3-9-19-10-6-13-4-1-2-5-14(13)16(19)15-12-17-7-8-18-15/h1-5,7-9,11-12,16H,6,10H2. The van der Waals surface area contributed by atoms with Crippen LogP contribution in [0.4, 0.5) is 0 Å². The normalized spacial score (nSPS) is 18.0. The second kappa shape index (κ2) is 5.65. The quantitative estimate of drug-likeness (QED) is 0.630. The Morgan fingerprint density at radius 2 is 2.15 bits per heavy atom. The number of benzene rings is 1. The maximum Gasteiger partial charge on any atom is 0.144 e. The van der Waals surface area contributed by atoms with Crippen molar-refractivity contribution < 1.29 is 4.79 Å². The van der Waals surface area contributed by atoms with Gasteiger partial charge in [-0.3, -0.25) is 14.8 Å². The molecule has 4 nitrogen and oxygen atoms in total. The third kappa shape index (κ3) is 2.32. The lowest BCUT2D eigenvalue weighted by Crippen LogP contribution is -2.32. The van der Waals surface area contributed by atoms with Crippen LogP contribution in [0.1, 0.15) is 22.9 Å². The number of hydrogen-bond donors (Lipinski definition) is 0. The van der Waals surface area contributed by atoms with E-state index in [0.29, 0.717) is 0 Å². The first-order valence-corrected chi connectivity index (χ1v) is 6.61. The average Bonchev–Trinajstić information content (AvgIpc) is 2.53. The predicted molar refractivity (Wildman–Crippen MR) is 75.9 cm³/mol. The average molecular weight is 265 g/mol. The topological polar surface area (TPSA) is 46.1 Å². The van der Waals surface area contributed by atoms with Crippen LogP contribution < -0.4 is 0 Å². The number of hydrogen-bond acceptors (Lipinski definition) is 4. The third-order valence-electron chi connectivity index (χ3n) is 3.54. The summed E-state index contributed by atoms with van der Waals surface area (Å²) in [4.78, 5) is 21.3. The summed E-state index contributed by atoms with van der Waals surface area (Å²) in [5.41, 5.74) is 3.46. The van der Waals surface area contributed by atoms with Crippen LogP contribution in [0.5, 0.6) is 0 Å². The summed E-state index contributed by atoms with van der Waals surface area (Å²) in [5.74, 6) is 0. The molecule has 0 spiro atoms. The van der Waals surface area contributed by atoms with Crippen molar-refractivity contribution in [3.05, 3.63) is 72.0 Å². The van der Waals surface area contributed by atoms with Crippen LogP contribution in [-0.2, 0) is 11.2 Å². The van der Waals surface area contributed by atoms with Crippen molar-refractivity contribution in [1.82, 2.24) is 14.9 Å². The van der Waals surface area contributed by atoms with Crippen LogP contribution in [-0.4, -0.2) is 27.7 Å². The van der Waals surface area contributed by atoms with Gasteiger partial charge in [0.15, 0.2) is 0 Å².